The summed E-state index contributed by atoms with van der Waals surface area (Å²) in [6, 6.07) is 11.0. The van der Waals surface area contributed by atoms with Crippen molar-refractivity contribution in [1.29, 1.82) is 0 Å². The van der Waals surface area contributed by atoms with Crippen molar-refractivity contribution in [2.75, 3.05) is 0 Å². The van der Waals surface area contributed by atoms with E-state index in [4.69, 9.17) is 0 Å². The van der Waals surface area contributed by atoms with Crippen LogP contribution in [-0.2, 0) is 9.59 Å². The van der Waals surface area contributed by atoms with Crippen LogP contribution in [0.1, 0.15) is 18.4 Å². The van der Waals surface area contributed by atoms with Crippen molar-refractivity contribution in [3.63, 3.8) is 0 Å². The maximum Gasteiger partial charge on any atom is 0.329 e. The van der Waals surface area contributed by atoms with Gasteiger partial charge in [-0.25, -0.2) is 5.43 Å². The molecule has 22 heavy (non-hydrogen) atoms. The van der Waals surface area contributed by atoms with Gasteiger partial charge >= 0.3 is 11.8 Å². The van der Waals surface area contributed by atoms with E-state index in [1.807, 2.05) is 24.3 Å². The van der Waals surface area contributed by atoms with Crippen LogP contribution in [0.5, 0.6) is 5.75 Å². The van der Waals surface area contributed by atoms with Crippen LogP contribution in [-0.4, -0.2) is 29.2 Å². The zero-order valence-corrected chi connectivity index (χ0v) is 11.7. The Morgan fingerprint density at radius 2 is 1.91 bits per heavy atom. The van der Waals surface area contributed by atoms with E-state index >= 15 is 0 Å². The van der Waals surface area contributed by atoms with Crippen LogP contribution < -0.4 is 10.7 Å². The number of aromatic hydroxyl groups is 1. The van der Waals surface area contributed by atoms with E-state index in [1.54, 1.807) is 12.1 Å². The van der Waals surface area contributed by atoms with Crippen LogP contribution in [0, 0.1) is 0 Å². The lowest BCUT2D eigenvalue weighted by atomic mass is 10.0. The molecule has 0 aliphatic heterocycles. The second-order valence-electron chi connectivity index (χ2n) is 5.17. The predicted molar refractivity (Wildman–Crippen MR) is 82.5 cm³/mol. The summed E-state index contributed by atoms with van der Waals surface area (Å²) in [4.78, 5) is 23.0. The average Bonchev–Trinajstić information content (AvgIpc) is 3.33. The number of rotatable bonds is 3. The number of phenols is 1. The number of amides is 2. The molecule has 2 aromatic carbocycles. The molecule has 0 aromatic heterocycles. The fourth-order valence-electron chi connectivity index (χ4n) is 2.10. The first-order chi connectivity index (χ1) is 10.6. The number of phenolic OH excluding ortho intramolecular Hbond substituents is 1. The number of nitrogens with one attached hydrogen (secondary N) is 2. The molecule has 1 saturated carbocycles. The quantitative estimate of drug-likeness (QED) is 0.453. The van der Waals surface area contributed by atoms with Gasteiger partial charge in [0.05, 0.1) is 6.21 Å². The van der Waals surface area contributed by atoms with Gasteiger partial charge in [-0.05, 0) is 29.7 Å². The number of carbonyl (C=O) groups is 2. The van der Waals surface area contributed by atoms with E-state index in [9.17, 15) is 14.7 Å². The summed E-state index contributed by atoms with van der Waals surface area (Å²) in [7, 11) is 0. The third-order valence-corrected chi connectivity index (χ3v) is 3.43. The zero-order chi connectivity index (χ0) is 15.5. The van der Waals surface area contributed by atoms with E-state index in [1.165, 1.54) is 6.21 Å². The van der Waals surface area contributed by atoms with Crippen molar-refractivity contribution < 1.29 is 14.7 Å². The highest BCUT2D eigenvalue weighted by Gasteiger charge is 2.26. The zero-order valence-electron chi connectivity index (χ0n) is 11.7. The summed E-state index contributed by atoms with van der Waals surface area (Å²) in [6.45, 7) is 0. The molecule has 0 bridgehead atoms. The number of hydrogen-bond acceptors (Lipinski definition) is 4. The second-order valence-corrected chi connectivity index (χ2v) is 5.17. The molecule has 0 unspecified atom stereocenters. The molecule has 0 heterocycles. The molecule has 1 fully saturated rings. The molecule has 0 radical (unpaired) electrons. The summed E-state index contributed by atoms with van der Waals surface area (Å²) < 4.78 is 0. The largest absolute Gasteiger partial charge is 0.507 e. The van der Waals surface area contributed by atoms with E-state index in [2.05, 4.69) is 15.8 Å². The van der Waals surface area contributed by atoms with Crippen LogP contribution in [0.15, 0.2) is 41.5 Å². The number of fused-ring (bicyclic) bond motifs is 1. The Morgan fingerprint density at radius 1 is 1.14 bits per heavy atom. The molecule has 6 heteroatoms. The van der Waals surface area contributed by atoms with Gasteiger partial charge in [0.15, 0.2) is 0 Å². The van der Waals surface area contributed by atoms with Crippen LogP contribution >= 0.6 is 0 Å². The van der Waals surface area contributed by atoms with Crippen molar-refractivity contribution in [1.82, 2.24) is 10.7 Å². The minimum absolute atomic E-state index is 0.0548. The molecule has 1 aliphatic rings. The Labute approximate surface area is 126 Å². The first-order valence-electron chi connectivity index (χ1n) is 7.00. The van der Waals surface area contributed by atoms with Crippen molar-refractivity contribution in [3.05, 3.63) is 42.0 Å². The van der Waals surface area contributed by atoms with Crippen LogP contribution in [0.3, 0.4) is 0 Å². The number of benzene rings is 2. The molecule has 3 N–H and O–H groups in total. The monoisotopic (exact) mass is 297 g/mol. The van der Waals surface area contributed by atoms with Gasteiger partial charge in [-0.15, -0.1) is 0 Å². The van der Waals surface area contributed by atoms with E-state index in [0.29, 0.717) is 5.56 Å². The van der Waals surface area contributed by atoms with E-state index < -0.39 is 11.8 Å². The summed E-state index contributed by atoms with van der Waals surface area (Å²) >= 11 is 0. The van der Waals surface area contributed by atoms with Gasteiger partial charge in [-0.2, -0.15) is 5.10 Å². The SMILES string of the molecule is O=C(N/N=C/c1c(O)ccc2ccccc12)C(=O)NC1CC1. The smallest absolute Gasteiger partial charge is 0.329 e. The Kier molecular flexibility index (Phi) is 3.74. The fourth-order valence-corrected chi connectivity index (χ4v) is 2.10. The predicted octanol–water partition coefficient (Wildman–Crippen LogP) is 1.27. The Hall–Kier alpha value is -2.89. The highest BCUT2D eigenvalue weighted by atomic mass is 16.3. The Morgan fingerprint density at radius 3 is 2.68 bits per heavy atom. The third kappa shape index (κ3) is 3.06. The van der Waals surface area contributed by atoms with Gasteiger partial charge < -0.3 is 10.4 Å². The molecule has 0 atom stereocenters. The first-order valence-corrected chi connectivity index (χ1v) is 7.00. The number of carbonyl (C=O) groups excluding carboxylic acids is 2. The normalized spacial score (nSPS) is 14.2. The lowest BCUT2D eigenvalue weighted by molar-refractivity contribution is -0.139. The fraction of sp³-hybridized carbons (Fsp3) is 0.188. The minimum Gasteiger partial charge on any atom is -0.507 e. The molecule has 2 aromatic rings. The molecule has 112 valence electrons. The molecule has 0 saturated heterocycles. The van der Waals surface area contributed by atoms with Crippen LogP contribution in [0.2, 0.25) is 0 Å². The summed E-state index contributed by atoms with van der Waals surface area (Å²) in [5.41, 5.74) is 2.65. The lowest BCUT2D eigenvalue weighted by Crippen LogP contribution is -2.38. The van der Waals surface area contributed by atoms with Gasteiger partial charge in [-0.3, -0.25) is 9.59 Å². The Bertz CT molecular complexity index is 766. The minimum atomic E-state index is -0.817. The molecular formula is C16H15N3O3. The maximum atomic E-state index is 11.5. The van der Waals surface area contributed by atoms with Crippen LogP contribution in [0.4, 0.5) is 0 Å². The van der Waals surface area contributed by atoms with Crippen molar-refractivity contribution in [2.45, 2.75) is 18.9 Å². The molecule has 6 nitrogen and oxygen atoms in total. The Balaban J connectivity index is 1.73. The van der Waals surface area contributed by atoms with Gasteiger partial charge in [0, 0.05) is 11.6 Å². The summed E-state index contributed by atoms with van der Waals surface area (Å²) in [5.74, 6) is -1.45. The van der Waals surface area contributed by atoms with Gasteiger partial charge in [0.1, 0.15) is 5.75 Å². The van der Waals surface area contributed by atoms with E-state index in [0.717, 1.165) is 23.6 Å². The standard InChI is InChI=1S/C16H15N3O3/c20-14-8-5-10-3-1-2-4-12(10)13(14)9-17-19-16(22)15(21)18-11-6-7-11/h1-5,8-9,11,20H,6-7H2,(H,18,21)(H,19,22)/b17-9+. The van der Waals surface area contributed by atoms with Crippen molar-refractivity contribution >= 4 is 28.8 Å². The highest BCUT2D eigenvalue weighted by molar-refractivity contribution is 6.35. The third-order valence-electron chi connectivity index (χ3n) is 3.43. The van der Waals surface area contributed by atoms with Gasteiger partial charge in [0.25, 0.3) is 0 Å². The highest BCUT2D eigenvalue weighted by Crippen LogP contribution is 2.25. The van der Waals surface area contributed by atoms with Crippen LogP contribution in [0.25, 0.3) is 10.8 Å². The first kappa shape index (κ1) is 14.1. The lowest BCUT2D eigenvalue weighted by Gasteiger charge is -2.05. The molecule has 2 amide bonds. The second kappa shape index (κ2) is 5.85. The molecule has 1 aliphatic carbocycles. The summed E-state index contributed by atoms with van der Waals surface area (Å²) in [6.07, 6.45) is 3.15. The molecular weight excluding hydrogens is 282 g/mol. The van der Waals surface area contributed by atoms with Crippen molar-refractivity contribution in [2.24, 2.45) is 5.10 Å². The average molecular weight is 297 g/mol. The summed E-state index contributed by atoms with van der Waals surface area (Å²) in [5, 5.41) is 18.0. The van der Waals surface area contributed by atoms with Gasteiger partial charge in [0.2, 0.25) is 0 Å². The number of nitrogens with zero attached hydrogens (tertiary/aromatic N) is 1. The topological polar surface area (TPSA) is 90.8 Å². The molecule has 3 rings (SSSR count). The molecule has 0 spiro atoms. The van der Waals surface area contributed by atoms with E-state index in [-0.39, 0.29) is 11.8 Å². The number of hydrazone groups is 1. The van der Waals surface area contributed by atoms with Gasteiger partial charge in [-0.1, -0.05) is 30.3 Å². The number of hydrogen-bond donors (Lipinski definition) is 3. The maximum absolute atomic E-state index is 11.5. The van der Waals surface area contributed by atoms with Crippen molar-refractivity contribution in [3.8, 4) is 5.75 Å².